The van der Waals surface area contributed by atoms with Crippen LogP contribution in [0.3, 0.4) is 0 Å². The molecule has 132 valence electrons. The fourth-order valence-corrected chi connectivity index (χ4v) is 6.33. The molecule has 3 heteroatoms. The number of fused-ring (bicyclic) bond motifs is 5. The molecule has 2 fully saturated rings. The van der Waals surface area contributed by atoms with Crippen LogP contribution in [0.5, 0.6) is 0 Å². The molecule has 0 amide bonds. The molecule has 4 rings (SSSR count). The van der Waals surface area contributed by atoms with Crippen molar-refractivity contribution in [3.05, 3.63) is 29.7 Å². The van der Waals surface area contributed by atoms with E-state index in [4.69, 9.17) is 4.42 Å². The molecular formula is C21H30O3. The molecule has 0 saturated heterocycles. The van der Waals surface area contributed by atoms with Crippen LogP contribution in [-0.4, -0.2) is 22.4 Å². The van der Waals surface area contributed by atoms with Gasteiger partial charge in [0.2, 0.25) is 0 Å². The van der Waals surface area contributed by atoms with E-state index in [-0.39, 0.29) is 23.4 Å². The molecule has 3 aliphatic carbocycles. The summed E-state index contributed by atoms with van der Waals surface area (Å²) in [7, 11) is 0. The van der Waals surface area contributed by atoms with Gasteiger partial charge in [-0.3, -0.25) is 0 Å². The first-order chi connectivity index (χ1) is 11.3. The Hall–Kier alpha value is -1.06. The predicted octanol–water partition coefficient (Wildman–Crippen LogP) is 4.36. The lowest BCUT2D eigenvalue weighted by molar-refractivity contribution is -0.101. The van der Waals surface area contributed by atoms with Crippen LogP contribution in [0, 0.1) is 22.7 Å². The molecule has 1 unspecified atom stereocenters. The third-order valence-corrected chi connectivity index (χ3v) is 7.83. The average molecular weight is 330 g/mol. The van der Waals surface area contributed by atoms with Crippen molar-refractivity contribution in [1.29, 1.82) is 0 Å². The number of hydrogen-bond acceptors (Lipinski definition) is 3. The fourth-order valence-electron chi connectivity index (χ4n) is 6.33. The van der Waals surface area contributed by atoms with Crippen molar-refractivity contribution in [2.24, 2.45) is 22.7 Å². The molecule has 0 radical (unpaired) electrons. The average Bonchev–Trinajstić information content (AvgIpc) is 2.97. The zero-order valence-electron chi connectivity index (χ0n) is 15.1. The van der Waals surface area contributed by atoms with E-state index < -0.39 is 5.60 Å². The zero-order valence-corrected chi connectivity index (χ0v) is 15.1. The molecule has 2 saturated carbocycles. The summed E-state index contributed by atoms with van der Waals surface area (Å²) >= 11 is 0. The second kappa shape index (κ2) is 5.22. The monoisotopic (exact) mass is 330 g/mol. The molecule has 1 aromatic rings. The topological polar surface area (TPSA) is 53.6 Å². The maximum Gasteiger partial charge on any atom is 0.129 e. The van der Waals surface area contributed by atoms with Crippen LogP contribution in [0.4, 0.5) is 0 Å². The lowest BCUT2D eigenvalue weighted by Gasteiger charge is -2.56. The minimum atomic E-state index is -0.939. The number of aliphatic hydroxyl groups is 2. The number of hydrogen-bond donors (Lipinski definition) is 2. The smallest absolute Gasteiger partial charge is 0.129 e. The Morgan fingerprint density at radius 2 is 2.04 bits per heavy atom. The first-order valence-electron chi connectivity index (χ1n) is 9.42. The molecule has 2 N–H and O–H groups in total. The van der Waals surface area contributed by atoms with E-state index in [0.717, 1.165) is 31.4 Å². The van der Waals surface area contributed by atoms with Crippen molar-refractivity contribution in [3.63, 3.8) is 0 Å². The Morgan fingerprint density at radius 1 is 1.25 bits per heavy atom. The summed E-state index contributed by atoms with van der Waals surface area (Å²) in [6.07, 6.45) is 11.4. The summed E-state index contributed by atoms with van der Waals surface area (Å²) in [5.41, 5.74) is 0.590. The van der Waals surface area contributed by atoms with E-state index in [0.29, 0.717) is 18.3 Å². The summed E-state index contributed by atoms with van der Waals surface area (Å²) in [6.45, 7) is 6.72. The Kier molecular flexibility index (Phi) is 3.57. The van der Waals surface area contributed by atoms with Crippen molar-refractivity contribution in [1.82, 2.24) is 0 Å². The van der Waals surface area contributed by atoms with E-state index in [1.54, 1.807) is 0 Å². The van der Waals surface area contributed by atoms with Crippen LogP contribution in [0.15, 0.2) is 22.8 Å². The van der Waals surface area contributed by atoms with Gasteiger partial charge < -0.3 is 14.6 Å². The molecule has 3 nitrogen and oxygen atoms in total. The Bertz CT molecular complexity index is 662. The lowest BCUT2D eigenvalue weighted by atomic mass is 9.48. The second-order valence-corrected chi connectivity index (χ2v) is 9.15. The quantitative estimate of drug-likeness (QED) is 0.804. The largest absolute Gasteiger partial charge is 0.465 e. The maximum atomic E-state index is 11.1. The van der Waals surface area contributed by atoms with Crippen LogP contribution < -0.4 is 0 Å². The summed E-state index contributed by atoms with van der Waals surface area (Å²) in [5, 5.41) is 20.9. The van der Waals surface area contributed by atoms with Gasteiger partial charge in [-0.05, 0) is 72.8 Å². The Balaban J connectivity index is 1.76. The van der Waals surface area contributed by atoms with Gasteiger partial charge in [0.25, 0.3) is 0 Å². The van der Waals surface area contributed by atoms with Crippen molar-refractivity contribution in [2.45, 2.75) is 64.4 Å². The van der Waals surface area contributed by atoms with Crippen molar-refractivity contribution < 1.29 is 14.6 Å². The molecule has 1 aromatic heterocycles. The van der Waals surface area contributed by atoms with Gasteiger partial charge >= 0.3 is 0 Å². The highest BCUT2D eigenvalue weighted by atomic mass is 16.3. The van der Waals surface area contributed by atoms with Gasteiger partial charge in [-0.1, -0.05) is 26.8 Å². The van der Waals surface area contributed by atoms with Crippen LogP contribution in [0.2, 0.25) is 0 Å². The second-order valence-electron chi connectivity index (χ2n) is 9.15. The van der Waals surface area contributed by atoms with Gasteiger partial charge in [-0.25, -0.2) is 0 Å². The molecule has 0 aromatic carbocycles. The lowest BCUT2D eigenvalue weighted by Crippen LogP contribution is -2.50. The Morgan fingerprint density at radius 3 is 2.79 bits per heavy atom. The number of furan rings is 1. The van der Waals surface area contributed by atoms with Gasteiger partial charge in [0.15, 0.2) is 0 Å². The molecule has 6 atom stereocenters. The van der Waals surface area contributed by atoms with Crippen LogP contribution in [0.25, 0.3) is 6.08 Å². The predicted molar refractivity (Wildman–Crippen MR) is 94.5 cm³/mol. The summed E-state index contributed by atoms with van der Waals surface area (Å²) < 4.78 is 5.64. The Labute approximate surface area is 144 Å². The number of allylic oxidation sites excluding steroid dienone is 1. The highest BCUT2D eigenvalue weighted by molar-refractivity contribution is 5.55. The molecule has 0 bridgehead atoms. The van der Waals surface area contributed by atoms with Crippen LogP contribution in [-0.2, 0) is 0 Å². The van der Waals surface area contributed by atoms with E-state index in [1.165, 1.54) is 5.56 Å². The van der Waals surface area contributed by atoms with E-state index in [1.807, 2.05) is 6.26 Å². The number of aliphatic hydroxyl groups excluding tert-OH is 1. The fraction of sp³-hybridized carbons (Fsp3) is 0.714. The van der Waals surface area contributed by atoms with Gasteiger partial charge in [-0.2, -0.15) is 0 Å². The number of rotatable bonds is 1. The highest BCUT2D eigenvalue weighted by Gasteiger charge is 2.58. The molecule has 24 heavy (non-hydrogen) atoms. The first-order valence-corrected chi connectivity index (χ1v) is 9.42. The van der Waals surface area contributed by atoms with E-state index >= 15 is 0 Å². The summed E-state index contributed by atoms with van der Waals surface area (Å²) in [6, 6.07) is 2.15. The molecule has 1 heterocycles. The van der Waals surface area contributed by atoms with Crippen molar-refractivity contribution in [3.8, 4) is 0 Å². The standard InChI is InChI=1S/C21H30O3/c1-14-4-5-18-19(2,12-21(14,23)13-22)9-6-16-15-8-11-24-17(15)7-10-20(16,18)3/h7-8,10-11,14,16,18,22-23H,4-6,9,12-13H2,1-3H3/t14-,16+,18?,19+,20+,21-/m0/s1. The molecule has 0 aliphatic heterocycles. The third kappa shape index (κ3) is 2.10. The van der Waals surface area contributed by atoms with Gasteiger partial charge in [0, 0.05) is 5.56 Å². The molecular weight excluding hydrogens is 300 g/mol. The first kappa shape index (κ1) is 16.4. The van der Waals surface area contributed by atoms with Crippen molar-refractivity contribution in [2.75, 3.05) is 6.61 Å². The summed E-state index contributed by atoms with van der Waals surface area (Å²) in [4.78, 5) is 0. The molecule has 3 aliphatic rings. The van der Waals surface area contributed by atoms with E-state index in [9.17, 15) is 10.2 Å². The van der Waals surface area contributed by atoms with Gasteiger partial charge in [0.1, 0.15) is 5.76 Å². The zero-order chi connectivity index (χ0) is 17.2. The van der Waals surface area contributed by atoms with Crippen LogP contribution >= 0.6 is 0 Å². The highest BCUT2D eigenvalue weighted by Crippen LogP contribution is 2.65. The van der Waals surface area contributed by atoms with Crippen molar-refractivity contribution >= 4 is 6.08 Å². The normalized spacial score (nSPS) is 47.5. The minimum Gasteiger partial charge on any atom is -0.465 e. The SMILES string of the molecule is C[C@H]1CCC2[C@](C)(CC[C@@H]3c4ccoc4C=C[C@@]23C)C[C@]1(O)CO. The maximum absolute atomic E-state index is 11.1. The summed E-state index contributed by atoms with van der Waals surface area (Å²) in [5.74, 6) is 2.19. The van der Waals surface area contributed by atoms with Crippen LogP contribution in [0.1, 0.15) is 70.1 Å². The third-order valence-electron chi connectivity index (χ3n) is 7.83. The van der Waals surface area contributed by atoms with E-state index in [2.05, 4.69) is 39.0 Å². The minimum absolute atomic E-state index is 0.0685. The van der Waals surface area contributed by atoms with Gasteiger partial charge in [0.05, 0.1) is 18.5 Å². The molecule has 0 spiro atoms. The van der Waals surface area contributed by atoms with Gasteiger partial charge in [-0.15, -0.1) is 0 Å².